The average molecular weight is 418 g/mol. The monoisotopic (exact) mass is 417 g/mol. The van der Waals surface area contributed by atoms with Gasteiger partial charge in [0.25, 0.3) is 0 Å². The lowest BCUT2D eigenvalue weighted by atomic mass is 10.1. The van der Waals surface area contributed by atoms with Crippen LogP contribution in [0, 0.1) is 6.92 Å². The van der Waals surface area contributed by atoms with Gasteiger partial charge in [0, 0.05) is 22.8 Å². The second-order valence-electron chi connectivity index (χ2n) is 7.29. The number of hydrogen-bond donors (Lipinski definition) is 3. The fraction of sp³-hybridized carbons (Fsp3) is 0.167. The second kappa shape index (κ2) is 9.05. The zero-order valence-corrected chi connectivity index (χ0v) is 17.5. The number of carbonyl (C=O) groups excluding carboxylic acids is 2. The van der Waals surface area contributed by atoms with Crippen LogP contribution in [0.5, 0.6) is 0 Å². The van der Waals surface area contributed by atoms with Crippen LogP contribution in [-0.4, -0.2) is 17.2 Å². The van der Waals surface area contributed by atoms with Crippen LogP contribution < -0.4 is 16.0 Å². The molecule has 4 rings (SSSR count). The van der Waals surface area contributed by atoms with Crippen molar-refractivity contribution in [3.05, 3.63) is 89.5 Å². The summed E-state index contributed by atoms with van der Waals surface area (Å²) >= 11 is 1.62. The van der Waals surface area contributed by atoms with Gasteiger partial charge < -0.3 is 16.0 Å². The number of thioether (sulfide) groups is 1. The number of hydrogen-bond acceptors (Lipinski definition) is 3. The third kappa shape index (κ3) is 5.02. The highest BCUT2D eigenvalue weighted by molar-refractivity contribution is 8.01. The van der Waals surface area contributed by atoms with E-state index in [0.717, 1.165) is 23.2 Å². The summed E-state index contributed by atoms with van der Waals surface area (Å²) < 4.78 is 0. The number of rotatable bonds is 5. The zero-order valence-electron chi connectivity index (χ0n) is 16.6. The normalized spacial score (nSPS) is 14.6. The lowest BCUT2D eigenvalue weighted by Crippen LogP contribution is -2.32. The molecule has 1 heterocycles. The van der Waals surface area contributed by atoms with Gasteiger partial charge in [0.1, 0.15) is 0 Å². The van der Waals surface area contributed by atoms with E-state index < -0.39 is 0 Å². The minimum Gasteiger partial charge on any atom is -0.351 e. The Kier molecular flexibility index (Phi) is 6.05. The Balaban J connectivity index is 1.30. The van der Waals surface area contributed by atoms with Gasteiger partial charge in [0.15, 0.2) is 0 Å². The number of aryl methyl sites for hydroxylation is 1. The Morgan fingerprint density at radius 1 is 0.933 bits per heavy atom. The van der Waals surface area contributed by atoms with Gasteiger partial charge in [-0.25, -0.2) is 4.79 Å². The summed E-state index contributed by atoms with van der Waals surface area (Å²) in [6.45, 7) is 2.39. The highest BCUT2D eigenvalue weighted by Crippen LogP contribution is 2.36. The molecule has 5 nitrogen and oxygen atoms in total. The first-order chi connectivity index (χ1) is 14.6. The van der Waals surface area contributed by atoms with Crippen LogP contribution >= 0.6 is 11.8 Å². The summed E-state index contributed by atoms with van der Waals surface area (Å²) in [6, 6.07) is 23.0. The predicted octanol–water partition coefficient (Wildman–Crippen LogP) is 4.97. The third-order valence-electron chi connectivity index (χ3n) is 4.87. The van der Waals surface area contributed by atoms with Crippen LogP contribution in [0.2, 0.25) is 0 Å². The summed E-state index contributed by atoms with van der Waals surface area (Å²) in [5.41, 5.74) is 4.65. The van der Waals surface area contributed by atoms with Gasteiger partial charge in [-0.05, 0) is 60.4 Å². The maximum atomic E-state index is 12.6. The smallest absolute Gasteiger partial charge is 0.323 e. The molecular weight excluding hydrogens is 394 g/mol. The Hall–Kier alpha value is -3.25. The molecule has 0 aromatic heterocycles. The van der Waals surface area contributed by atoms with E-state index in [-0.39, 0.29) is 17.2 Å². The molecule has 0 aliphatic carbocycles. The molecule has 0 bridgehead atoms. The van der Waals surface area contributed by atoms with E-state index in [4.69, 9.17) is 0 Å². The van der Waals surface area contributed by atoms with Crippen LogP contribution in [0.4, 0.5) is 16.2 Å². The minimum absolute atomic E-state index is 0.0340. The first-order valence-electron chi connectivity index (χ1n) is 9.83. The highest BCUT2D eigenvalue weighted by Gasteiger charge is 2.27. The van der Waals surface area contributed by atoms with E-state index in [2.05, 4.69) is 28.1 Å². The quantitative estimate of drug-likeness (QED) is 0.549. The number of amides is 3. The molecule has 1 aliphatic heterocycles. The van der Waals surface area contributed by atoms with Crippen molar-refractivity contribution >= 4 is 35.1 Å². The summed E-state index contributed by atoms with van der Waals surface area (Å²) in [4.78, 5) is 26.0. The van der Waals surface area contributed by atoms with Gasteiger partial charge in [-0.15, -0.1) is 11.8 Å². The van der Waals surface area contributed by atoms with Crippen molar-refractivity contribution in [2.75, 3.05) is 10.6 Å². The van der Waals surface area contributed by atoms with Gasteiger partial charge in [-0.2, -0.15) is 0 Å². The SMILES string of the molecule is Cc1cccc(NC(=O)Nc2cccc(CNC(=O)C3Cc4ccccc4S3)c2)c1. The first kappa shape index (κ1) is 20.0. The number of urea groups is 1. The van der Waals surface area contributed by atoms with Gasteiger partial charge >= 0.3 is 6.03 Å². The van der Waals surface area contributed by atoms with Gasteiger partial charge in [0.2, 0.25) is 5.91 Å². The van der Waals surface area contributed by atoms with Crippen molar-refractivity contribution < 1.29 is 9.59 Å². The Morgan fingerprint density at radius 3 is 2.43 bits per heavy atom. The number of fused-ring (bicyclic) bond motifs is 1. The van der Waals surface area contributed by atoms with E-state index >= 15 is 0 Å². The fourth-order valence-corrected chi connectivity index (χ4v) is 4.63. The maximum absolute atomic E-state index is 12.6. The number of benzene rings is 3. The molecule has 1 atom stereocenters. The molecule has 6 heteroatoms. The van der Waals surface area contributed by atoms with Crippen LogP contribution in [0.15, 0.2) is 77.7 Å². The Labute approximate surface area is 180 Å². The Morgan fingerprint density at radius 2 is 1.67 bits per heavy atom. The van der Waals surface area contributed by atoms with E-state index in [9.17, 15) is 9.59 Å². The molecule has 0 spiro atoms. The highest BCUT2D eigenvalue weighted by atomic mass is 32.2. The molecular formula is C24H23N3O2S. The van der Waals surface area contributed by atoms with E-state index in [0.29, 0.717) is 12.2 Å². The lowest BCUT2D eigenvalue weighted by Gasteiger charge is -2.12. The van der Waals surface area contributed by atoms with E-state index in [1.807, 2.05) is 67.6 Å². The molecule has 30 heavy (non-hydrogen) atoms. The largest absolute Gasteiger partial charge is 0.351 e. The number of nitrogens with one attached hydrogen (secondary N) is 3. The van der Waals surface area contributed by atoms with Crippen molar-refractivity contribution in [3.63, 3.8) is 0 Å². The Bertz CT molecular complexity index is 1060. The van der Waals surface area contributed by atoms with Crippen molar-refractivity contribution in [3.8, 4) is 0 Å². The molecule has 3 aromatic carbocycles. The minimum atomic E-state index is -0.304. The predicted molar refractivity (Wildman–Crippen MR) is 122 cm³/mol. The molecule has 0 saturated carbocycles. The average Bonchev–Trinajstić information content (AvgIpc) is 3.17. The van der Waals surface area contributed by atoms with Gasteiger partial charge in [-0.3, -0.25) is 4.79 Å². The molecule has 0 saturated heterocycles. The van der Waals surface area contributed by atoms with Gasteiger partial charge in [0.05, 0.1) is 5.25 Å². The van der Waals surface area contributed by atoms with Crippen LogP contribution in [0.25, 0.3) is 0 Å². The summed E-state index contributed by atoms with van der Waals surface area (Å²) in [6.07, 6.45) is 0.757. The molecule has 3 N–H and O–H groups in total. The van der Waals surface area contributed by atoms with E-state index in [1.54, 1.807) is 11.8 Å². The molecule has 0 fully saturated rings. The summed E-state index contributed by atoms with van der Waals surface area (Å²) in [5.74, 6) is 0.0340. The summed E-state index contributed by atoms with van der Waals surface area (Å²) in [5, 5.41) is 8.58. The number of anilines is 2. The molecule has 1 unspecified atom stereocenters. The molecule has 0 radical (unpaired) electrons. The second-order valence-corrected chi connectivity index (χ2v) is 8.53. The fourth-order valence-electron chi connectivity index (χ4n) is 3.41. The maximum Gasteiger partial charge on any atom is 0.323 e. The topological polar surface area (TPSA) is 70.2 Å². The third-order valence-corrected chi connectivity index (χ3v) is 6.18. The van der Waals surface area contributed by atoms with Crippen LogP contribution in [-0.2, 0) is 17.8 Å². The van der Waals surface area contributed by atoms with Crippen LogP contribution in [0.1, 0.15) is 16.7 Å². The van der Waals surface area contributed by atoms with Crippen LogP contribution in [0.3, 0.4) is 0 Å². The molecule has 3 aromatic rings. The molecule has 1 aliphatic rings. The lowest BCUT2D eigenvalue weighted by molar-refractivity contribution is -0.120. The number of carbonyl (C=O) groups is 2. The summed E-state index contributed by atoms with van der Waals surface area (Å²) in [7, 11) is 0. The van der Waals surface area contributed by atoms with Crippen molar-refractivity contribution in [2.24, 2.45) is 0 Å². The molecule has 152 valence electrons. The zero-order chi connectivity index (χ0) is 20.9. The van der Waals surface area contributed by atoms with Crippen molar-refractivity contribution in [1.82, 2.24) is 5.32 Å². The van der Waals surface area contributed by atoms with Crippen molar-refractivity contribution in [1.29, 1.82) is 0 Å². The molecule has 3 amide bonds. The first-order valence-corrected chi connectivity index (χ1v) is 10.7. The van der Waals surface area contributed by atoms with Gasteiger partial charge in [-0.1, -0.05) is 42.5 Å². The van der Waals surface area contributed by atoms with E-state index in [1.165, 1.54) is 10.5 Å². The van der Waals surface area contributed by atoms with Crippen molar-refractivity contribution in [2.45, 2.75) is 30.0 Å². The standard InChI is InChI=1S/C24H23N3O2S/c1-16-6-4-9-19(12-16)26-24(29)27-20-10-5-7-17(13-20)15-25-23(28)22-14-18-8-2-3-11-21(18)30-22/h2-13,22H,14-15H2,1H3,(H,25,28)(H2,26,27,29).